The van der Waals surface area contributed by atoms with Gasteiger partial charge in [0.25, 0.3) is 0 Å². The van der Waals surface area contributed by atoms with Gasteiger partial charge in [0.1, 0.15) is 16.9 Å². The van der Waals surface area contributed by atoms with Crippen molar-refractivity contribution in [3.63, 3.8) is 0 Å². The second-order valence-electron chi connectivity index (χ2n) is 4.44. The van der Waals surface area contributed by atoms with Gasteiger partial charge in [0, 0.05) is 6.20 Å². The van der Waals surface area contributed by atoms with Gasteiger partial charge in [-0.2, -0.15) is 0 Å². The van der Waals surface area contributed by atoms with Gasteiger partial charge in [0.05, 0.1) is 18.3 Å². The first-order chi connectivity index (χ1) is 9.13. The van der Waals surface area contributed by atoms with Crippen LogP contribution in [0.5, 0.6) is 0 Å². The number of rotatable bonds is 4. The van der Waals surface area contributed by atoms with E-state index >= 15 is 0 Å². The average Bonchev–Trinajstić information content (AvgIpc) is 2.75. The van der Waals surface area contributed by atoms with Crippen molar-refractivity contribution in [2.45, 2.75) is 38.4 Å². The van der Waals surface area contributed by atoms with E-state index in [-0.39, 0.29) is 23.4 Å². The lowest BCUT2D eigenvalue weighted by molar-refractivity contribution is 0.0527. The highest BCUT2D eigenvalue weighted by Crippen LogP contribution is 2.29. The minimum atomic E-state index is -0.901. The molecule has 0 saturated heterocycles. The highest BCUT2D eigenvalue weighted by atomic mass is 35.5. The van der Waals surface area contributed by atoms with Crippen molar-refractivity contribution in [2.24, 2.45) is 0 Å². The van der Waals surface area contributed by atoms with E-state index in [1.54, 1.807) is 13.0 Å². The summed E-state index contributed by atoms with van der Waals surface area (Å²) in [5, 5.41) is 3.11. The molecule has 4 nitrogen and oxygen atoms in total. The summed E-state index contributed by atoms with van der Waals surface area (Å²) in [6.07, 6.45) is 2.71. The molecular formula is C13H16ClFN2O2. The molecule has 1 N–H and O–H groups in total. The molecule has 0 aliphatic heterocycles. The number of ether oxygens (including phenoxy) is 1. The lowest BCUT2D eigenvalue weighted by atomic mass is 10.1. The fourth-order valence-electron chi connectivity index (χ4n) is 2.23. The molecule has 0 amide bonds. The van der Waals surface area contributed by atoms with Gasteiger partial charge >= 0.3 is 5.97 Å². The first kappa shape index (κ1) is 14.1. The Kier molecular flexibility index (Phi) is 4.58. The van der Waals surface area contributed by atoms with Crippen molar-refractivity contribution in [3.05, 3.63) is 23.0 Å². The number of esters is 1. The predicted molar refractivity (Wildman–Crippen MR) is 71.4 cm³/mol. The molecular weight excluding hydrogens is 271 g/mol. The van der Waals surface area contributed by atoms with Crippen LogP contribution in [0.3, 0.4) is 0 Å². The molecule has 19 heavy (non-hydrogen) atoms. The van der Waals surface area contributed by atoms with Gasteiger partial charge in [-0.05, 0) is 32.3 Å². The van der Waals surface area contributed by atoms with Crippen molar-refractivity contribution in [1.82, 2.24) is 4.98 Å². The van der Waals surface area contributed by atoms with Crippen LogP contribution in [0.1, 0.15) is 36.5 Å². The lowest BCUT2D eigenvalue weighted by Crippen LogP contribution is -2.26. The number of hydrogen-bond donors (Lipinski definition) is 1. The highest BCUT2D eigenvalue weighted by Gasteiger charge is 2.28. The molecule has 6 heteroatoms. The average molecular weight is 287 g/mol. The monoisotopic (exact) mass is 286 g/mol. The van der Waals surface area contributed by atoms with E-state index in [0.29, 0.717) is 12.1 Å². The quantitative estimate of drug-likeness (QED) is 0.682. The number of hydrogen-bond acceptors (Lipinski definition) is 4. The Morgan fingerprint density at radius 2 is 2.42 bits per heavy atom. The molecule has 0 spiro atoms. The molecule has 1 heterocycles. The van der Waals surface area contributed by atoms with Crippen LogP contribution in [-0.2, 0) is 4.74 Å². The zero-order valence-electron chi connectivity index (χ0n) is 10.7. The third-order valence-electron chi connectivity index (χ3n) is 3.16. The summed E-state index contributed by atoms with van der Waals surface area (Å²) in [6.45, 7) is 1.96. The topological polar surface area (TPSA) is 51.2 Å². The number of nitrogens with one attached hydrogen (secondary N) is 1. The molecule has 1 aliphatic carbocycles. The van der Waals surface area contributed by atoms with Gasteiger partial charge in [-0.3, -0.25) is 0 Å². The Balaban J connectivity index is 2.24. The third-order valence-corrected chi connectivity index (χ3v) is 3.44. The summed E-state index contributed by atoms with van der Waals surface area (Å²) in [7, 11) is 0. The molecule has 1 fully saturated rings. The number of aromatic nitrogens is 1. The van der Waals surface area contributed by atoms with E-state index in [1.165, 1.54) is 6.20 Å². The van der Waals surface area contributed by atoms with Gasteiger partial charge in [-0.25, -0.2) is 14.2 Å². The fourth-order valence-corrected chi connectivity index (χ4v) is 2.47. The first-order valence-corrected chi connectivity index (χ1v) is 6.73. The van der Waals surface area contributed by atoms with Crippen LogP contribution >= 0.6 is 11.6 Å². The number of anilines is 1. The minimum Gasteiger partial charge on any atom is -0.462 e. The molecule has 1 saturated carbocycles. The Bertz CT molecular complexity index is 470. The summed E-state index contributed by atoms with van der Waals surface area (Å²) < 4.78 is 18.6. The number of carbonyl (C=O) groups excluding carboxylic acids is 1. The molecule has 104 valence electrons. The van der Waals surface area contributed by atoms with Crippen molar-refractivity contribution in [2.75, 3.05) is 11.9 Å². The normalized spacial score (nSPS) is 22.3. The van der Waals surface area contributed by atoms with Crippen LogP contribution in [0.2, 0.25) is 5.15 Å². The zero-order valence-corrected chi connectivity index (χ0v) is 11.4. The van der Waals surface area contributed by atoms with Crippen LogP contribution in [0.15, 0.2) is 12.3 Å². The zero-order chi connectivity index (χ0) is 13.8. The molecule has 0 radical (unpaired) electrons. The number of halogens is 2. The Morgan fingerprint density at radius 1 is 1.63 bits per heavy atom. The number of carbonyl (C=O) groups is 1. The van der Waals surface area contributed by atoms with E-state index in [9.17, 15) is 9.18 Å². The van der Waals surface area contributed by atoms with Crippen molar-refractivity contribution >= 4 is 23.3 Å². The molecule has 1 aromatic rings. The second kappa shape index (κ2) is 6.19. The molecule has 0 aromatic carbocycles. The standard InChI is InChI=1S/C13H16ClFN2O2/c1-2-19-13(18)11-10(6-7-16-12(11)14)17-9-5-3-4-8(9)15/h6-9H,2-5H2,1H3,(H,16,17)/t8?,9-/m1/s1. The highest BCUT2D eigenvalue weighted by molar-refractivity contribution is 6.33. The van der Waals surface area contributed by atoms with Gasteiger partial charge in [-0.1, -0.05) is 11.6 Å². The number of nitrogens with zero attached hydrogens (tertiary/aromatic N) is 1. The minimum absolute atomic E-state index is 0.0665. The SMILES string of the molecule is CCOC(=O)c1c(N[C@@H]2CCCC2F)ccnc1Cl. The largest absolute Gasteiger partial charge is 0.462 e. The Hall–Kier alpha value is -1.36. The van der Waals surface area contributed by atoms with E-state index in [4.69, 9.17) is 16.3 Å². The molecule has 1 unspecified atom stereocenters. The lowest BCUT2D eigenvalue weighted by Gasteiger charge is -2.18. The maximum atomic E-state index is 13.6. The Morgan fingerprint density at radius 3 is 3.05 bits per heavy atom. The smallest absolute Gasteiger partial charge is 0.343 e. The third kappa shape index (κ3) is 3.15. The van der Waals surface area contributed by atoms with Gasteiger partial charge in [0.2, 0.25) is 0 Å². The molecule has 2 rings (SSSR count). The number of alkyl halides is 1. The maximum absolute atomic E-state index is 13.6. The Labute approximate surface area is 116 Å². The molecule has 1 aromatic heterocycles. The van der Waals surface area contributed by atoms with E-state index < -0.39 is 12.1 Å². The van der Waals surface area contributed by atoms with Gasteiger partial charge in [-0.15, -0.1) is 0 Å². The van der Waals surface area contributed by atoms with Gasteiger partial charge < -0.3 is 10.1 Å². The summed E-state index contributed by atoms with van der Waals surface area (Å²) in [5.74, 6) is -0.545. The molecule has 1 aliphatic rings. The maximum Gasteiger partial charge on any atom is 0.343 e. The molecule has 0 bridgehead atoms. The van der Waals surface area contributed by atoms with Crippen LogP contribution in [0.4, 0.5) is 10.1 Å². The van der Waals surface area contributed by atoms with E-state index in [1.807, 2.05) is 0 Å². The number of pyridine rings is 1. The van der Waals surface area contributed by atoms with Crippen LogP contribution in [0, 0.1) is 0 Å². The summed E-state index contributed by atoms with van der Waals surface area (Å²) >= 11 is 5.94. The van der Waals surface area contributed by atoms with Crippen molar-refractivity contribution < 1.29 is 13.9 Å². The van der Waals surface area contributed by atoms with E-state index in [0.717, 1.165) is 12.8 Å². The summed E-state index contributed by atoms with van der Waals surface area (Å²) in [5.41, 5.74) is 0.651. The van der Waals surface area contributed by atoms with Gasteiger partial charge in [0.15, 0.2) is 0 Å². The molecule has 2 atom stereocenters. The first-order valence-electron chi connectivity index (χ1n) is 6.35. The fraction of sp³-hybridized carbons (Fsp3) is 0.538. The van der Waals surface area contributed by atoms with Crippen LogP contribution in [0.25, 0.3) is 0 Å². The second-order valence-corrected chi connectivity index (χ2v) is 4.80. The van der Waals surface area contributed by atoms with Crippen molar-refractivity contribution in [1.29, 1.82) is 0 Å². The predicted octanol–water partition coefficient (Wildman–Crippen LogP) is 3.21. The summed E-state index contributed by atoms with van der Waals surface area (Å²) in [6, 6.07) is 1.33. The van der Waals surface area contributed by atoms with E-state index in [2.05, 4.69) is 10.3 Å². The van der Waals surface area contributed by atoms with Crippen LogP contribution in [-0.4, -0.2) is 29.8 Å². The summed E-state index contributed by atoms with van der Waals surface area (Å²) in [4.78, 5) is 15.7. The van der Waals surface area contributed by atoms with Crippen molar-refractivity contribution in [3.8, 4) is 0 Å². The van der Waals surface area contributed by atoms with Crippen LogP contribution < -0.4 is 5.32 Å².